The molecule has 4 aromatic rings. The molecule has 2 aliphatic heterocycles. The van der Waals surface area contributed by atoms with Gasteiger partial charge in [0.05, 0.1) is 17.9 Å². The second-order valence-corrected chi connectivity index (χ2v) is 9.86. The Hall–Kier alpha value is -4.44. The standard InChI is InChI=1S/C28H31N9O/c1-5-12-36-27(38)23-17-29-28(30-21-7-9-22(10-8-21)35-15-13-33(3)14-16-35)32-26(23)37(36)24-11-6-20-18-34(4)19(2)25(20)31-24/h5-11,17H,1-2,12-16,18H2,3-4H3,(H,29,30,32). The molecule has 10 heteroatoms. The van der Waals surface area contributed by atoms with Crippen LogP contribution < -0.4 is 15.8 Å². The Morgan fingerprint density at radius 2 is 1.79 bits per heavy atom. The topological polar surface area (TPSA) is 87.3 Å². The van der Waals surface area contributed by atoms with Crippen LogP contribution in [0.4, 0.5) is 17.3 Å². The van der Waals surface area contributed by atoms with Crippen LogP contribution >= 0.6 is 0 Å². The number of pyridine rings is 1. The molecular formula is C28H31N9O. The van der Waals surface area contributed by atoms with E-state index in [0.29, 0.717) is 29.3 Å². The van der Waals surface area contributed by atoms with Gasteiger partial charge >= 0.3 is 0 Å². The molecule has 0 atom stereocenters. The molecule has 0 spiro atoms. The summed E-state index contributed by atoms with van der Waals surface area (Å²) in [6.45, 7) is 13.2. The van der Waals surface area contributed by atoms with Gasteiger partial charge in [-0.1, -0.05) is 18.7 Å². The Labute approximate surface area is 221 Å². The summed E-state index contributed by atoms with van der Waals surface area (Å²) in [5, 5.41) is 3.71. The van der Waals surface area contributed by atoms with Gasteiger partial charge in [0.2, 0.25) is 5.95 Å². The number of nitrogens with one attached hydrogen (secondary N) is 1. The molecule has 5 heterocycles. The zero-order chi connectivity index (χ0) is 26.4. The third-order valence-corrected chi connectivity index (χ3v) is 7.29. The molecule has 0 radical (unpaired) electrons. The fourth-order valence-corrected chi connectivity index (χ4v) is 5.06. The largest absolute Gasteiger partial charge is 0.369 e. The van der Waals surface area contributed by atoms with Crippen LogP contribution in [0.15, 0.2) is 66.6 Å². The molecule has 38 heavy (non-hydrogen) atoms. The lowest BCUT2D eigenvalue weighted by Crippen LogP contribution is -2.44. The van der Waals surface area contributed by atoms with Crippen molar-refractivity contribution in [1.29, 1.82) is 0 Å². The first-order valence-electron chi connectivity index (χ1n) is 12.7. The van der Waals surface area contributed by atoms with Gasteiger partial charge in [-0.2, -0.15) is 4.98 Å². The van der Waals surface area contributed by atoms with Crippen molar-refractivity contribution < 1.29 is 0 Å². The van der Waals surface area contributed by atoms with Crippen molar-refractivity contribution in [2.24, 2.45) is 0 Å². The van der Waals surface area contributed by atoms with Crippen molar-refractivity contribution in [1.82, 2.24) is 34.1 Å². The first kappa shape index (κ1) is 23.9. The van der Waals surface area contributed by atoms with E-state index < -0.39 is 0 Å². The number of rotatable bonds is 6. The monoisotopic (exact) mass is 509 g/mol. The summed E-state index contributed by atoms with van der Waals surface area (Å²) in [5.74, 6) is 0.995. The van der Waals surface area contributed by atoms with Gasteiger partial charge in [0.1, 0.15) is 5.39 Å². The molecule has 6 rings (SSSR count). The van der Waals surface area contributed by atoms with Gasteiger partial charge < -0.3 is 20.0 Å². The quantitative estimate of drug-likeness (QED) is 0.397. The maximum absolute atomic E-state index is 13.3. The molecule has 0 amide bonds. The summed E-state index contributed by atoms with van der Waals surface area (Å²) in [4.78, 5) is 34.1. The predicted molar refractivity (Wildman–Crippen MR) is 151 cm³/mol. The zero-order valence-corrected chi connectivity index (χ0v) is 21.8. The molecular weight excluding hydrogens is 478 g/mol. The minimum Gasteiger partial charge on any atom is -0.369 e. The second kappa shape index (κ2) is 9.46. The molecule has 0 aliphatic carbocycles. The SMILES string of the molecule is C=CCn1c(=O)c2cnc(Nc3ccc(N4CCN(C)CC4)cc3)nc2n1-c1ccc2c(n1)C(=C)N(C)C2. The molecule has 3 aromatic heterocycles. The number of hydrogen-bond acceptors (Lipinski definition) is 8. The Morgan fingerprint density at radius 3 is 2.53 bits per heavy atom. The van der Waals surface area contributed by atoms with E-state index in [1.54, 1.807) is 21.6 Å². The van der Waals surface area contributed by atoms with Crippen molar-refractivity contribution in [3.8, 4) is 5.82 Å². The lowest BCUT2D eigenvalue weighted by molar-refractivity contribution is 0.313. The van der Waals surface area contributed by atoms with E-state index in [1.807, 2.05) is 31.3 Å². The fourth-order valence-electron chi connectivity index (χ4n) is 5.06. The van der Waals surface area contributed by atoms with Gasteiger partial charge in [0.15, 0.2) is 11.5 Å². The highest BCUT2D eigenvalue weighted by atomic mass is 16.1. The molecule has 10 nitrogen and oxygen atoms in total. The van der Waals surface area contributed by atoms with Crippen LogP contribution in [0.2, 0.25) is 0 Å². The fraction of sp³-hybridized carbons (Fsp3) is 0.286. The van der Waals surface area contributed by atoms with Crippen LogP contribution in [-0.2, 0) is 13.1 Å². The van der Waals surface area contributed by atoms with E-state index in [9.17, 15) is 4.79 Å². The third kappa shape index (κ3) is 4.12. The summed E-state index contributed by atoms with van der Waals surface area (Å²) in [6, 6.07) is 12.2. The van der Waals surface area contributed by atoms with Crippen LogP contribution in [0.5, 0.6) is 0 Å². The predicted octanol–water partition coefficient (Wildman–Crippen LogP) is 3.07. The average molecular weight is 510 g/mol. The van der Waals surface area contributed by atoms with E-state index in [1.165, 1.54) is 5.69 Å². The first-order chi connectivity index (χ1) is 18.4. The maximum atomic E-state index is 13.3. The average Bonchev–Trinajstić information content (AvgIpc) is 3.36. The lowest BCUT2D eigenvalue weighted by Gasteiger charge is -2.34. The van der Waals surface area contributed by atoms with Gasteiger partial charge in [-0.3, -0.25) is 4.79 Å². The summed E-state index contributed by atoms with van der Waals surface area (Å²) in [7, 11) is 4.15. The number of aromatic nitrogens is 5. The van der Waals surface area contributed by atoms with Crippen molar-refractivity contribution in [2.75, 3.05) is 50.5 Å². The van der Waals surface area contributed by atoms with E-state index in [4.69, 9.17) is 9.97 Å². The zero-order valence-electron chi connectivity index (χ0n) is 21.8. The molecule has 1 N–H and O–H groups in total. The summed E-state index contributed by atoms with van der Waals surface area (Å²) in [5.41, 5.74) is 5.15. The molecule has 0 saturated carbocycles. The molecule has 0 unspecified atom stereocenters. The normalized spacial score (nSPS) is 15.8. The highest BCUT2D eigenvalue weighted by Gasteiger charge is 2.24. The maximum Gasteiger partial charge on any atom is 0.278 e. The van der Waals surface area contributed by atoms with Crippen LogP contribution in [0, 0.1) is 0 Å². The Morgan fingerprint density at radius 1 is 1.03 bits per heavy atom. The highest BCUT2D eigenvalue weighted by Crippen LogP contribution is 2.30. The number of benzene rings is 1. The minimum absolute atomic E-state index is 0.193. The van der Waals surface area contributed by atoms with E-state index in [0.717, 1.165) is 55.4 Å². The number of allylic oxidation sites excluding steroid dienone is 1. The number of anilines is 3. The molecule has 1 saturated heterocycles. The number of hydrogen-bond donors (Lipinski definition) is 1. The highest BCUT2D eigenvalue weighted by molar-refractivity contribution is 5.77. The van der Waals surface area contributed by atoms with E-state index in [-0.39, 0.29) is 5.56 Å². The summed E-state index contributed by atoms with van der Waals surface area (Å²) in [6.07, 6.45) is 3.26. The number of piperazine rings is 1. The molecule has 1 fully saturated rings. The second-order valence-electron chi connectivity index (χ2n) is 9.86. The summed E-state index contributed by atoms with van der Waals surface area (Å²) < 4.78 is 3.33. The third-order valence-electron chi connectivity index (χ3n) is 7.29. The van der Waals surface area contributed by atoms with Crippen molar-refractivity contribution >= 4 is 34.1 Å². The van der Waals surface area contributed by atoms with Crippen LogP contribution in [0.1, 0.15) is 11.3 Å². The van der Waals surface area contributed by atoms with Crippen LogP contribution in [-0.4, -0.2) is 74.4 Å². The van der Waals surface area contributed by atoms with E-state index in [2.05, 4.69) is 57.3 Å². The number of likely N-dealkylation sites (N-methyl/N-ethyl adjacent to an activating group) is 1. The van der Waals surface area contributed by atoms with Crippen molar-refractivity contribution in [2.45, 2.75) is 13.1 Å². The molecule has 2 aliphatic rings. The van der Waals surface area contributed by atoms with Gasteiger partial charge in [0.25, 0.3) is 5.56 Å². The van der Waals surface area contributed by atoms with E-state index >= 15 is 0 Å². The first-order valence-corrected chi connectivity index (χ1v) is 12.7. The Balaban J connectivity index is 1.35. The number of nitrogens with zero attached hydrogens (tertiary/aromatic N) is 8. The smallest absolute Gasteiger partial charge is 0.278 e. The van der Waals surface area contributed by atoms with Gasteiger partial charge in [-0.25, -0.2) is 19.3 Å². The molecule has 194 valence electrons. The molecule has 0 bridgehead atoms. The van der Waals surface area contributed by atoms with Crippen LogP contribution in [0.3, 0.4) is 0 Å². The number of fused-ring (bicyclic) bond motifs is 2. The summed E-state index contributed by atoms with van der Waals surface area (Å²) >= 11 is 0. The van der Waals surface area contributed by atoms with Gasteiger partial charge in [0, 0.05) is 57.3 Å². The Kier molecular flexibility index (Phi) is 5.96. The minimum atomic E-state index is -0.193. The van der Waals surface area contributed by atoms with Gasteiger partial charge in [-0.05, 0) is 42.9 Å². The molecule has 1 aromatic carbocycles. The van der Waals surface area contributed by atoms with Crippen LogP contribution in [0.25, 0.3) is 22.5 Å². The Bertz CT molecular complexity index is 1590. The van der Waals surface area contributed by atoms with Crippen molar-refractivity contribution in [3.05, 3.63) is 83.4 Å². The lowest BCUT2D eigenvalue weighted by atomic mass is 10.2. The van der Waals surface area contributed by atoms with Crippen molar-refractivity contribution in [3.63, 3.8) is 0 Å². The van der Waals surface area contributed by atoms with Gasteiger partial charge in [-0.15, -0.1) is 6.58 Å².